The molecule has 1 fully saturated rings. The molecule has 5 nitrogen and oxygen atoms in total. The molecule has 1 amide bonds. The minimum absolute atomic E-state index is 0.103. The van der Waals surface area contributed by atoms with Gasteiger partial charge in [-0.25, -0.2) is 4.68 Å². The van der Waals surface area contributed by atoms with E-state index in [-0.39, 0.29) is 18.2 Å². The molecule has 4 rings (SSSR count). The van der Waals surface area contributed by atoms with Crippen molar-refractivity contribution in [2.45, 2.75) is 31.5 Å². The topological polar surface area (TPSA) is 59.8 Å². The summed E-state index contributed by atoms with van der Waals surface area (Å²) in [4.78, 5) is 12.7. The fourth-order valence-corrected chi connectivity index (χ4v) is 3.29. The number of alkyl halides is 3. The minimum Gasteiger partial charge on any atom is -0.347 e. The molecule has 0 bridgehead atoms. The number of carbonyl (C=O) groups is 1. The summed E-state index contributed by atoms with van der Waals surface area (Å²) in [6.07, 6.45) is -2.46. The SMILES string of the molecule is O=C(NCc1ccc(C(F)(F)F)cc1)c1nnn(-c2ccc(Br)cc2)c1C1CC1. The Morgan fingerprint density at radius 3 is 2.34 bits per heavy atom. The molecule has 0 unspecified atom stereocenters. The summed E-state index contributed by atoms with van der Waals surface area (Å²) >= 11 is 3.39. The van der Waals surface area contributed by atoms with Crippen LogP contribution < -0.4 is 5.32 Å². The molecule has 0 aliphatic heterocycles. The van der Waals surface area contributed by atoms with E-state index in [1.807, 2.05) is 24.3 Å². The smallest absolute Gasteiger partial charge is 0.347 e. The average Bonchev–Trinajstić information content (AvgIpc) is 3.44. The highest BCUT2D eigenvalue weighted by atomic mass is 79.9. The van der Waals surface area contributed by atoms with E-state index >= 15 is 0 Å². The first-order valence-electron chi connectivity index (χ1n) is 8.99. The van der Waals surface area contributed by atoms with Crippen molar-refractivity contribution in [2.75, 3.05) is 0 Å². The highest BCUT2D eigenvalue weighted by Gasteiger charge is 2.34. The van der Waals surface area contributed by atoms with Crippen LogP contribution in [0.4, 0.5) is 13.2 Å². The van der Waals surface area contributed by atoms with Gasteiger partial charge < -0.3 is 5.32 Å². The van der Waals surface area contributed by atoms with Crippen LogP contribution in [-0.4, -0.2) is 20.9 Å². The van der Waals surface area contributed by atoms with Gasteiger partial charge in [-0.3, -0.25) is 4.79 Å². The highest BCUT2D eigenvalue weighted by Crippen LogP contribution is 2.42. The van der Waals surface area contributed by atoms with E-state index in [4.69, 9.17) is 0 Å². The van der Waals surface area contributed by atoms with Crippen LogP contribution in [-0.2, 0) is 12.7 Å². The standard InChI is InChI=1S/C20H16BrF3N4O/c21-15-7-9-16(10-8-15)28-18(13-3-4-13)17(26-27-28)19(29)25-11-12-1-5-14(6-2-12)20(22,23)24/h1-2,5-10,13H,3-4,11H2,(H,25,29). The number of hydrogen-bond donors (Lipinski definition) is 1. The van der Waals surface area contributed by atoms with E-state index in [0.29, 0.717) is 5.56 Å². The maximum Gasteiger partial charge on any atom is 0.416 e. The van der Waals surface area contributed by atoms with Crippen molar-refractivity contribution in [3.05, 3.63) is 75.5 Å². The predicted molar refractivity (Wildman–Crippen MR) is 104 cm³/mol. The quantitative estimate of drug-likeness (QED) is 0.586. The number of amides is 1. The van der Waals surface area contributed by atoms with E-state index in [9.17, 15) is 18.0 Å². The van der Waals surface area contributed by atoms with E-state index in [1.54, 1.807) is 4.68 Å². The Morgan fingerprint density at radius 1 is 1.10 bits per heavy atom. The average molecular weight is 465 g/mol. The van der Waals surface area contributed by atoms with Crippen LogP contribution >= 0.6 is 15.9 Å². The summed E-state index contributed by atoms with van der Waals surface area (Å²) in [6, 6.07) is 12.2. The second-order valence-corrected chi connectivity index (χ2v) is 7.78. The third-order valence-electron chi connectivity index (χ3n) is 4.69. The van der Waals surface area contributed by atoms with Crippen LogP contribution in [0.25, 0.3) is 5.69 Å². The number of rotatable bonds is 5. The molecule has 1 aliphatic rings. The Morgan fingerprint density at radius 2 is 1.76 bits per heavy atom. The van der Waals surface area contributed by atoms with Crippen LogP contribution in [0.1, 0.15) is 46.1 Å². The monoisotopic (exact) mass is 464 g/mol. The third-order valence-corrected chi connectivity index (χ3v) is 5.22. The zero-order valence-corrected chi connectivity index (χ0v) is 16.7. The molecule has 2 aromatic carbocycles. The molecule has 1 aromatic heterocycles. The lowest BCUT2D eigenvalue weighted by molar-refractivity contribution is -0.137. The first-order valence-corrected chi connectivity index (χ1v) is 9.78. The lowest BCUT2D eigenvalue weighted by Gasteiger charge is -2.09. The highest BCUT2D eigenvalue weighted by molar-refractivity contribution is 9.10. The maximum atomic E-state index is 12.7. The molecular formula is C20H16BrF3N4O. The number of aromatic nitrogens is 3. The molecule has 1 heterocycles. The fourth-order valence-electron chi connectivity index (χ4n) is 3.02. The van der Waals surface area contributed by atoms with Crippen LogP contribution in [0.3, 0.4) is 0 Å². The van der Waals surface area contributed by atoms with Gasteiger partial charge in [0.05, 0.1) is 16.9 Å². The van der Waals surface area contributed by atoms with Gasteiger partial charge in [-0.15, -0.1) is 5.10 Å². The third kappa shape index (κ3) is 4.34. The molecule has 150 valence electrons. The summed E-state index contributed by atoms with van der Waals surface area (Å²) in [5.41, 5.74) is 1.67. The van der Waals surface area contributed by atoms with E-state index < -0.39 is 17.6 Å². The molecule has 0 radical (unpaired) electrons. The lowest BCUT2D eigenvalue weighted by Crippen LogP contribution is -2.24. The van der Waals surface area contributed by atoms with Gasteiger partial charge in [0, 0.05) is 16.9 Å². The molecule has 1 N–H and O–H groups in total. The van der Waals surface area contributed by atoms with Gasteiger partial charge in [-0.05, 0) is 54.8 Å². The van der Waals surface area contributed by atoms with Crippen molar-refractivity contribution in [3.63, 3.8) is 0 Å². The van der Waals surface area contributed by atoms with Gasteiger partial charge in [0.2, 0.25) is 0 Å². The molecule has 29 heavy (non-hydrogen) atoms. The van der Waals surface area contributed by atoms with E-state index in [0.717, 1.165) is 40.8 Å². The molecule has 0 atom stereocenters. The lowest BCUT2D eigenvalue weighted by atomic mass is 10.1. The van der Waals surface area contributed by atoms with Gasteiger partial charge >= 0.3 is 6.18 Å². The summed E-state index contributed by atoms with van der Waals surface area (Å²) in [7, 11) is 0. The van der Waals surface area contributed by atoms with Crippen molar-refractivity contribution in [3.8, 4) is 5.69 Å². The fraction of sp³-hybridized carbons (Fsp3) is 0.250. The Hall–Kier alpha value is -2.68. The number of nitrogens with one attached hydrogen (secondary N) is 1. The van der Waals surface area contributed by atoms with Crippen LogP contribution in [0, 0.1) is 0 Å². The van der Waals surface area contributed by atoms with Gasteiger partial charge in [-0.2, -0.15) is 13.2 Å². The number of nitrogens with zero attached hydrogens (tertiary/aromatic N) is 3. The normalized spacial score (nSPS) is 14.1. The summed E-state index contributed by atoms with van der Waals surface area (Å²) in [5, 5.41) is 11.0. The summed E-state index contributed by atoms with van der Waals surface area (Å²) < 4.78 is 40.6. The zero-order chi connectivity index (χ0) is 20.6. The van der Waals surface area contributed by atoms with Crippen LogP contribution in [0.5, 0.6) is 0 Å². The number of hydrogen-bond acceptors (Lipinski definition) is 3. The second-order valence-electron chi connectivity index (χ2n) is 6.86. The Bertz CT molecular complexity index is 1030. The van der Waals surface area contributed by atoms with Gasteiger partial charge in [0.25, 0.3) is 5.91 Å². The molecule has 0 spiro atoms. The maximum absolute atomic E-state index is 12.7. The van der Waals surface area contributed by atoms with Gasteiger partial charge in [0.15, 0.2) is 5.69 Å². The van der Waals surface area contributed by atoms with E-state index in [2.05, 4.69) is 31.6 Å². The predicted octanol–water partition coefficient (Wildman–Crippen LogP) is 4.86. The minimum atomic E-state index is -4.38. The number of halogens is 4. The van der Waals surface area contributed by atoms with Crippen molar-refractivity contribution in [1.29, 1.82) is 0 Å². The first kappa shape index (κ1) is 19.6. The molecule has 1 saturated carbocycles. The van der Waals surface area contributed by atoms with Gasteiger partial charge in [-0.1, -0.05) is 33.3 Å². The number of benzene rings is 2. The Labute approximate surface area is 173 Å². The first-order chi connectivity index (χ1) is 13.8. The van der Waals surface area contributed by atoms with Crippen LogP contribution in [0.15, 0.2) is 53.0 Å². The van der Waals surface area contributed by atoms with Crippen molar-refractivity contribution >= 4 is 21.8 Å². The molecule has 0 saturated heterocycles. The van der Waals surface area contributed by atoms with Crippen molar-refractivity contribution in [1.82, 2.24) is 20.3 Å². The Kier molecular flexibility index (Phi) is 5.16. The summed E-state index contributed by atoms with van der Waals surface area (Å²) in [5.74, 6) is -0.171. The van der Waals surface area contributed by atoms with Crippen LogP contribution in [0.2, 0.25) is 0 Å². The van der Waals surface area contributed by atoms with Crippen molar-refractivity contribution in [2.24, 2.45) is 0 Å². The second kappa shape index (κ2) is 7.62. The molecule has 3 aromatic rings. The summed E-state index contributed by atoms with van der Waals surface area (Å²) in [6.45, 7) is 0.103. The largest absolute Gasteiger partial charge is 0.416 e. The Balaban J connectivity index is 1.51. The zero-order valence-electron chi connectivity index (χ0n) is 15.1. The van der Waals surface area contributed by atoms with Crippen molar-refractivity contribution < 1.29 is 18.0 Å². The molecular weight excluding hydrogens is 449 g/mol. The molecule has 9 heteroatoms. The molecule has 1 aliphatic carbocycles. The number of carbonyl (C=O) groups excluding carboxylic acids is 1. The van der Waals surface area contributed by atoms with Gasteiger partial charge in [0.1, 0.15) is 0 Å². The van der Waals surface area contributed by atoms with E-state index in [1.165, 1.54) is 12.1 Å².